The van der Waals surface area contributed by atoms with Gasteiger partial charge in [-0.25, -0.2) is 20.8 Å². The highest BCUT2D eigenvalue weighted by atomic mass is 16.8. The summed E-state index contributed by atoms with van der Waals surface area (Å²) in [5.41, 5.74) is 4.02. The summed E-state index contributed by atoms with van der Waals surface area (Å²) in [5, 5.41) is 0. The fraction of sp³-hybridized carbons (Fsp3) is 0.556. The molecule has 2 aliphatic rings. The minimum Gasteiger partial charge on any atom is -0.341 e. The minimum atomic E-state index is -0.915. The topological polar surface area (TPSA) is 126 Å². The van der Waals surface area contributed by atoms with E-state index in [-0.39, 0.29) is 0 Å². The number of imidazole rings is 1. The predicted molar refractivity (Wildman–Crippen MR) is 97.3 cm³/mol. The van der Waals surface area contributed by atoms with E-state index in [2.05, 4.69) is 32.2 Å². The molecule has 1 unspecified atom stereocenters. The van der Waals surface area contributed by atoms with Crippen molar-refractivity contribution in [2.45, 2.75) is 64.4 Å². The van der Waals surface area contributed by atoms with Gasteiger partial charge in [-0.15, -0.1) is 0 Å². The van der Waals surface area contributed by atoms with Gasteiger partial charge >= 0.3 is 0 Å². The summed E-state index contributed by atoms with van der Waals surface area (Å²) in [5.74, 6) is 10.3. The first-order chi connectivity index (χ1) is 13.3. The monoisotopic (exact) mass is 386 g/mol. The predicted octanol–water partition coefficient (Wildman–Crippen LogP) is 0.304. The van der Waals surface area contributed by atoms with Crippen molar-refractivity contribution in [3.05, 3.63) is 17.8 Å². The summed E-state index contributed by atoms with van der Waals surface area (Å²) in [6, 6.07) is 0. The average molecular weight is 386 g/mol. The first-order valence-electron chi connectivity index (χ1n) is 9.06. The lowest BCUT2D eigenvalue weighted by Gasteiger charge is -2.24. The normalized spacial score (nSPS) is 28.0. The van der Waals surface area contributed by atoms with Gasteiger partial charge in [0.2, 0.25) is 5.82 Å². The van der Waals surface area contributed by atoms with E-state index >= 15 is 0 Å². The number of carbonyl (C=O) groups excluding carboxylic acids is 1. The SMILES string of the molecule is CCC#Cc1nc(C)c2ncn([C@@H]3O[C@H](C(=O)NN)[C@@H]4OC(C)(C)OC43)c2n1. The molecule has 148 valence electrons. The Morgan fingerprint density at radius 2 is 2.11 bits per heavy atom. The van der Waals surface area contributed by atoms with E-state index in [0.29, 0.717) is 29.1 Å². The lowest BCUT2D eigenvalue weighted by Crippen LogP contribution is -2.45. The number of amides is 1. The number of ether oxygens (including phenoxy) is 3. The minimum absolute atomic E-state index is 0.406. The quantitative estimate of drug-likeness (QED) is 0.327. The standard InChI is InChI=1S/C18H22N6O4/c1-5-6-7-10-21-9(2)11-15(22-10)24(8-20-11)17-14-12(27-18(3,4)28-14)13(26-17)16(25)23-19/h8,12-14,17H,5,19H2,1-4H3,(H,23,25)/t12-,13-,14?,17+/m0/s1. The molecule has 4 atom stereocenters. The maximum absolute atomic E-state index is 12.2. The third-order valence-corrected chi connectivity index (χ3v) is 4.68. The van der Waals surface area contributed by atoms with Crippen LogP contribution < -0.4 is 11.3 Å². The van der Waals surface area contributed by atoms with E-state index in [4.69, 9.17) is 20.1 Å². The molecule has 4 heterocycles. The second kappa shape index (κ2) is 6.79. The lowest BCUT2D eigenvalue weighted by atomic mass is 10.1. The molecule has 0 radical (unpaired) electrons. The molecule has 2 aromatic heterocycles. The molecule has 10 heteroatoms. The fourth-order valence-corrected chi connectivity index (χ4v) is 3.56. The van der Waals surface area contributed by atoms with Gasteiger partial charge in [-0.3, -0.25) is 14.8 Å². The molecule has 3 N–H and O–H groups in total. The summed E-state index contributed by atoms with van der Waals surface area (Å²) >= 11 is 0. The van der Waals surface area contributed by atoms with Gasteiger partial charge in [0.25, 0.3) is 5.91 Å². The van der Waals surface area contributed by atoms with Gasteiger partial charge in [-0.2, -0.15) is 0 Å². The van der Waals surface area contributed by atoms with E-state index in [0.717, 1.165) is 0 Å². The summed E-state index contributed by atoms with van der Waals surface area (Å²) in [6.07, 6.45) is -0.422. The van der Waals surface area contributed by atoms with Crippen LogP contribution in [0, 0.1) is 18.8 Å². The number of nitrogens with one attached hydrogen (secondary N) is 1. The number of aromatic nitrogens is 4. The van der Waals surface area contributed by atoms with E-state index in [1.54, 1.807) is 24.7 Å². The van der Waals surface area contributed by atoms with Crippen molar-refractivity contribution >= 4 is 17.1 Å². The smallest absolute Gasteiger partial charge is 0.265 e. The van der Waals surface area contributed by atoms with Crippen LogP contribution in [0.25, 0.3) is 11.2 Å². The fourth-order valence-electron chi connectivity index (χ4n) is 3.56. The van der Waals surface area contributed by atoms with E-state index < -0.39 is 36.2 Å². The van der Waals surface area contributed by atoms with Crippen LogP contribution >= 0.6 is 0 Å². The number of aryl methyl sites for hydroxylation is 1. The number of hydrazine groups is 1. The molecule has 0 aliphatic carbocycles. The molecule has 0 aromatic carbocycles. The van der Waals surface area contributed by atoms with Gasteiger partial charge in [-0.1, -0.05) is 12.8 Å². The number of nitrogens with zero attached hydrogens (tertiary/aromatic N) is 4. The molecule has 2 saturated heterocycles. The molecule has 4 rings (SSSR count). The number of fused-ring (bicyclic) bond motifs is 2. The molecular formula is C18H22N6O4. The third-order valence-electron chi connectivity index (χ3n) is 4.68. The molecule has 2 aliphatic heterocycles. The zero-order chi connectivity index (χ0) is 20.1. The van der Waals surface area contributed by atoms with Crippen LogP contribution in [0.4, 0.5) is 0 Å². The highest BCUT2D eigenvalue weighted by molar-refractivity contribution is 5.81. The van der Waals surface area contributed by atoms with Crippen LogP contribution in [0.5, 0.6) is 0 Å². The van der Waals surface area contributed by atoms with Gasteiger partial charge in [-0.05, 0) is 26.7 Å². The second-order valence-corrected chi connectivity index (χ2v) is 7.13. The van der Waals surface area contributed by atoms with E-state index in [1.165, 1.54) is 0 Å². The summed E-state index contributed by atoms with van der Waals surface area (Å²) in [7, 11) is 0. The van der Waals surface area contributed by atoms with Crippen molar-refractivity contribution in [1.29, 1.82) is 0 Å². The van der Waals surface area contributed by atoms with Crippen LogP contribution in [-0.2, 0) is 19.0 Å². The summed E-state index contributed by atoms with van der Waals surface area (Å²) in [4.78, 5) is 25.5. The van der Waals surface area contributed by atoms with Gasteiger partial charge in [0, 0.05) is 6.42 Å². The molecule has 0 saturated carbocycles. The zero-order valence-electron chi connectivity index (χ0n) is 16.1. The lowest BCUT2D eigenvalue weighted by molar-refractivity contribution is -0.197. The number of carbonyl (C=O) groups is 1. The first kappa shape index (κ1) is 18.8. The maximum Gasteiger partial charge on any atom is 0.265 e. The van der Waals surface area contributed by atoms with Crippen molar-refractivity contribution in [2.24, 2.45) is 5.84 Å². The van der Waals surface area contributed by atoms with Gasteiger partial charge in [0.15, 0.2) is 23.8 Å². The van der Waals surface area contributed by atoms with Crippen molar-refractivity contribution < 1.29 is 19.0 Å². The molecule has 2 aromatic rings. The van der Waals surface area contributed by atoms with Gasteiger partial charge in [0.05, 0.1) is 12.0 Å². The first-order valence-corrected chi connectivity index (χ1v) is 9.06. The van der Waals surface area contributed by atoms with Crippen LogP contribution in [0.3, 0.4) is 0 Å². The largest absolute Gasteiger partial charge is 0.341 e. The van der Waals surface area contributed by atoms with Crippen molar-refractivity contribution in [1.82, 2.24) is 24.9 Å². The molecule has 2 fully saturated rings. The van der Waals surface area contributed by atoms with Crippen LogP contribution in [-0.4, -0.2) is 49.5 Å². The van der Waals surface area contributed by atoms with Crippen molar-refractivity contribution in [3.63, 3.8) is 0 Å². The number of hydrogen-bond acceptors (Lipinski definition) is 8. The Morgan fingerprint density at radius 3 is 2.82 bits per heavy atom. The Bertz CT molecular complexity index is 991. The number of hydrogen-bond donors (Lipinski definition) is 2. The number of nitrogens with two attached hydrogens (primary N) is 1. The van der Waals surface area contributed by atoms with Gasteiger partial charge in [0.1, 0.15) is 17.7 Å². The third kappa shape index (κ3) is 3.02. The molecular weight excluding hydrogens is 364 g/mol. The summed E-state index contributed by atoms with van der Waals surface area (Å²) in [6.45, 7) is 7.38. The highest BCUT2D eigenvalue weighted by Gasteiger charge is 2.58. The maximum atomic E-state index is 12.2. The Kier molecular flexibility index (Phi) is 4.55. The zero-order valence-corrected chi connectivity index (χ0v) is 16.1. The molecule has 28 heavy (non-hydrogen) atoms. The molecule has 10 nitrogen and oxygen atoms in total. The van der Waals surface area contributed by atoms with Crippen molar-refractivity contribution in [3.8, 4) is 11.8 Å². The van der Waals surface area contributed by atoms with Crippen LogP contribution in [0.1, 0.15) is 44.9 Å². The Hall–Kier alpha value is -2.58. The number of rotatable bonds is 2. The average Bonchev–Trinajstić information content (AvgIpc) is 3.30. The Labute approximate surface area is 161 Å². The summed E-state index contributed by atoms with van der Waals surface area (Å²) < 4.78 is 19.6. The van der Waals surface area contributed by atoms with Crippen molar-refractivity contribution in [2.75, 3.05) is 0 Å². The second-order valence-electron chi connectivity index (χ2n) is 7.13. The Morgan fingerprint density at radius 1 is 1.36 bits per heavy atom. The van der Waals surface area contributed by atoms with Crippen LogP contribution in [0.2, 0.25) is 0 Å². The van der Waals surface area contributed by atoms with Gasteiger partial charge < -0.3 is 14.2 Å². The highest BCUT2D eigenvalue weighted by Crippen LogP contribution is 2.43. The van der Waals surface area contributed by atoms with Crippen LogP contribution in [0.15, 0.2) is 6.33 Å². The van der Waals surface area contributed by atoms with E-state index in [9.17, 15) is 4.79 Å². The Balaban J connectivity index is 1.78. The molecule has 0 bridgehead atoms. The molecule has 0 spiro atoms. The van der Waals surface area contributed by atoms with E-state index in [1.807, 2.05) is 13.8 Å². The molecule has 1 amide bonds.